The molecule has 0 bridgehead atoms. The molecule has 0 radical (unpaired) electrons. The first-order valence-corrected chi connectivity index (χ1v) is 5.27. The van der Waals surface area contributed by atoms with Crippen molar-refractivity contribution in [1.29, 1.82) is 0 Å². The van der Waals surface area contributed by atoms with E-state index in [1.165, 1.54) is 5.56 Å². The molecule has 0 aliphatic heterocycles. The number of ether oxygens (including phenoxy) is 1. The first-order valence-electron chi connectivity index (χ1n) is 5.27. The predicted octanol–water partition coefficient (Wildman–Crippen LogP) is 1.37. The summed E-state index contributed by atoms with van der Waals surface area (Å²) in [5.41, 5.74) is 1.28. The lowest BCUT2D eigenvalue weighted by atomic mass is 10.1. The molecule has 0 saturated heterocycles. The molecule has 0 saturated carbocycles. The highest BCUT2D eigenvalue weighted by Gasteiger charge is 2.02. The van der Waals surface area contributed by atoms with Crippen LogP contribution in [0.3, 0.4) is 0 Å². The second kappa shape index (κ2) is 6.43. The van der Waals surface area contributed by atoms with Crippen molar-refractivity contribution in [3.05, 3.63) is 29.8 Å². The van der Waals surface area contributed by atoms with Crippen molar-refractivity contribution < 1.29 is 14.9 Å². The number of hydrogen-bond donors (Lipinski definition) is 2. The molecule has 1 rings (SSSR count). The van der Waals surface area contributed by atoms with E-state index < -0.39 is 6.10 Å². The van der Waals surface area contributed by atoms with Crippen LogP contribution in [0.25, 0.3) is 0 Å². The van der Waals surface area contributed by atoms with Gasteiger partial charge < -0.3 is 14.9 Å². The zero-order valence-electron chi connectivity index (χ0n) is 9.02. The Balaban J connectivity index is 2.42. The Labute approximate surface area is 90.3 Å². The van der Waals surface area contributed by atoms with Crippen LogP contribution in [-0.4, -0.2) is 29.5 Å². The largest absolute Gasteiger partial charge is 0.491 e. The van der Waals surface area contributed by atoms with Gasteiger partial charge in [0, 0.05) is 0 Å². The lowest BCUT2D eigenvalue weighted by Crippen LogP contribution is -2.21. The number of aliphatic hydroxyl groups excluding tert-OH is 2. The number of hydrogen-bond acceptors (Lipinski definition) is 3. The van der Waals surface area contributed by atoms with Gasteiger partial charge in [-0.05, 0) is 24.1 Å². The topological polar surface area (TPSA) is 49.7 Å². The zero-order chi connectivity index (χ0) is 11.1. The van der Waals surface area contributed by atoms with Crippen LogP contribution in [0.4, 0.5) is 0 Å². The van der Waals surface area contributed by atoms with Gasteiger partial charge in [0.2, 0.25) is 0 Å². The first-order chi connectivity index (χ1) is 7.26. The first kappa shape index (κ1) is 12.0. The van der Waals surface area contributed by atoms with Crippen LogP contribution in [0.5, 0.6) is 5.75 Å². The zero-order valence-corrected chi connectivity index (χ0v) is 9.02. The molecule has 0 unspecified atom stereocenters. The Bertz CT molecular complexity index is 269. The van der Waals surface area contributed by atoms with E-state index in [9.17, 15) is 0 Å². The van der Waals surface area contributed by atoms with Gasteiger partial charge in [0.25, 0.3) is 0 Å². The summed E-state index contributed by atoms with van der Waals surface area (Å²) in [6, 6.07) is 7.80. The van der Waals surface area contributed by atoms with Gasteiger partial charge in [-0.3, -0.25) is 0 Å². The molecule has 0 fully saturated rings. The third-order valence-electron chi connectivity index (χ3n) is 2.12. The van der Waals surface area contributed by atoms with E-state index in [1.807, 2.05) is 24.3 Å². The maximum atomic E-state index is 9.08. The van der Waals surface area contributed by atoms with Gasteiger partial charge in [-0.1, -0.05) is 25.5 Å². The van der Waals surface area contributed by atoms with E-state index in [1.54, 1.807) is 0 Å². The average molecular weight is 210 g/mol. The summed E-state index contributed by atoms with van der Waals surface area (Å²) >= 11 is 0. The second-order valence-electron chi connectivity index (χ2n) is 3.54. The molecule has 1 atom stereocenters. The van der Waals surface area contributed by atoms with Crippen molar-refractivity contribution in [2.24, 2.45) is 0 Å². The molecule has 84 valence electrons. The van der Waals surface area contributed by atoms with Crippen molar-refractivity contribution in [2.75, 3.05) is 13.2 Å². The Morgan fingerprint density at radius 2 is 1.93 bits per heavy atom. The van der Waals surface area contributed by atoms with Crippen LogP contribution < -0.4 is 4.74 Å². The minimum Gasteiger partial charge on any atom is -0.491 e. The highest BCUT2D eigenvalue weighted by Crippen LogP contribution is 2.13. The third-order valence-corrected chi connectivity index (χ3v) is 2.12. The Kier molecular flexibility index (Phi) is 5.15. The van der Waals surface area contributed by atoms with E-state index in [2.05, 4.69) is 6.92 Å². The molecule has 0 amide bonds. The Hall–Kier alpha value is -1.06. The maximum Gasteiger partial charge on any atom is 0.119 e. The van der Waals surface area contributed by atoms with E-state index >= 15 is 0 Å². The van der Waals surface area contributed by atoms with Crippen molar-refractivity contribution in [3.63, 3.8) is 0 Å². The van der Waals surface area contributed by atoms with Crippen LogP contribution >= 0.6 is 0 Å². The lowest BCUT2D eigenvalue weighted by Gasteiger charge is -2.10. The fraction of sp³-hybridized carbons (Fsp3) is 0.500. The van der Waals surface area contributed by atoms with E-state index in [0.29, 0.717) is 0 Å². The van der Waals surface area contributed by atoms with Crippen LogP contribution in [0.2, 0.25) is 0 Å². The normalized spacial score (nSPS) is 12.5. The Morgan fingerprint density at radius 1 is 1.27 bits per heavy atom. The molecular formula is C12H18O3. The van der Waals surface area contributed by atoms with Gasteiger partial charge >= 0.3 is 0 Å². The van der Waals surface area contributed by atoms with Gasteiger partial charge in [0.05, 0.1) is 6.61 Å². The Morgan fingerprint density at radius 3 is 2.47 bits per heavy atom. The number of aryl methyl sites for hydroxylation is 1. The SMILES string of the molecule is CCCc1ccc(OC[C@@H](O)CO)cc1. The number of aliphatic hydroxyl groups is 2. The summed E-state index contributed by atoms with van der Waals surface area (Å²) < 4.78 is 5.28. The molecular weight excluding hydrogens is 192 g/mol. The van der Waals surface area contributed by atoms with Crippen LogP contribution in [0, 0.1) is 0 Å². The van der Waals surface area contributed by atoms with Crippen molar-refractivity contribution >= 4 is 0 Å². The van der Waals surface area contributed by atoms with Gasteiger partial charge in [0.15, 0.2) is 0 Å². The van der Waals surface area contributed by atoms with Crippen LogP contribution in [0.1, 0.15) is 18.9 Å². The average Bonchev–Trinajstić information content (AvgIpc) is 2.28. The third kappa shape index (κ3) is 4.32. The summed E-state index contributed by atoms with van der Waals surface area (Å²) in [6.45, 7) is 2.00. The summed E-state index contributed by atoms with van der Waals surface area (Å²) in [5, 5.41) is 17.7. The minimum atomic E-state index is -0.805. The quantitative estimate of drug-likeness (QED) is 0.745. The van der Waals surface area contributed by atoms with Crippen molar-refractivity contribution in [2.45, 2.75) is 25.9 Å². The molecule has 3 nitrogen and oxygen atoms in total. The lowest BCUT2D eigenvalue weighted by molar-refractivity contribution is 0.0536. The van der Waals surface area contributed by atoms with Crippen LogP contribution in [-0.2, 0) is 6.42 Å². The highest BCUT2D eigenvalue weighted by atomic mass is 16.5. The van der Waals surface area contributed by atoms with E-state index in [4.69, 9.17) is 14.9 Å². The predicted molar refractivity (Wildman–Crippen MR) is 59.0 cm³/mol. The standard InChI is InChI=1S/C12H18O3/c1-2-3-10-4-6-12(7-5-10)15-9-11(14)8-13/h4-7,11,13-14H,2-3,8-9H2,1H3/t11-/m0/s1. The monoisotopic (exact) mass is 210 g/mol. The fourth-order valence-electron chi connectivity index (χ4n) is 1.29. The van der Waals surface area contributed by atoms with Crippen molar-refractivity contribution in [1.82, 2.24) is 0 Å². The summed E-state index contributed by atoms with van der Waals surface area (Å²) in [7, 11) is 0. The van der Waals surface area contributed by atoms with Crippen LogP contribution in [0.15, 0.2) is 24.3 Å². The molecule has 1 aromatic rings. The molecule has 1 aromatic carbocycles. The molecule has 0 aromatic heterocycles. The van der Waals surface area contributed by atoms with Crippen molar-refractivity contribution in [3.8, 4) is 5.75 Å². The van der Waals surface area contributed by atoms with Gasteiger partial charge in [0.1, 0.15) is 18.5 Å². The number of rotatable bonds is 6. The van der Waals surface area contributed by atoms with Gasteiger partial charge in [-0.25, -0.2) is 0 Å². The van der Waals surface area contributed by atoms with Gasteiger partial charge in [-0.2, -0.15) is 0 Å². The molecule has 0 heterocycles. The molecule has 0 aliphatic rings. The minimum absolute atomic E-state index is 0.129. The maximum absolute atomic E-state index is 9.08. The second-order valence-corrected chi connectivity index (χ2v) is 3.54. The summed E-state index contributed by atoms with van der Waals surface area (Å²) in [5.74, 6) is 0.724. The molecule has 15 heavy (non-hydrogen) atoms. The van der Waals surface area contributed by atoms with E-state index in [0.717, 1.165) is 18.6 Å². The molecule has 3 heteroatoms. The number of benzene rings is 1. The summed E-state index contributed by atoms with van der Waals surface area (Å²) in [6.07, 6.45) is 1.39. The molecule has 0 spiro atoms. The fourth-order valence-corrected chi connectivity index (χ4v) is 1.29. The highest BCUT2D eigenvalue weighted by molar-refractivity contribution is 5.27. The summed E-state index contributed by atoms with van der Waals surface area (Å²) in [4.78, 5) is 0. The smallest absolute Gasteiger partial charge is 0.119 e. The molecule has 0 aliphatic carbocycles. The van der Waals surface area contributed by atoms with E-state index in [-0.39, 0.29) is 13.2 Å². The molecule has 2 N–H and O–H groups in total. The van der Waals surface area contributed by atoms with Gasteiger partial charge in [-0.15, -0.1) is 0 Å².